The van der Waals surface area contributed by atoms with Gasteiger partial charge in [0.05, 0.1) is 0 Å². The Hall–Kier alpha value is -4.71. The Morgan fingerprint density at radius 2 is 1.00 bits per heavy atom. The molecule has 3 aromatic rings. The van der Waals surface area contributed by atoms with Crippen LogP contribution < -0.4 is 14.2 Å². The van der Waals surface area contributed by atoms with Crippen molar-refractivity contribution in [2.45, 2.75) is 95.8 Å². The molecule has 0 bridgehead atoms. The molecule has 0 aliphatic heterocycles. The summed E-state index contributed by atoms with van der Waals surface area (Å²) in [6.45, 7) is 14.8. The zero-order valence-electron chi connectivity index (χ0n) is 28.2. The normalized spacial score (nSPS) is 15.4. The van der Waals surface area contributed by atoms with E-state index in [2.05, 4.69) is 45.7 Å². The number of rotatable bonds is 11. The van der Waals surface area contributed by atoms with Gasteiger partial charge in [-0.05, 0) is 115 Å². The quantitative estimate of drug-likeness (QED) is 0.0893. The molecule has 6 nitrogen and oxygen atoms in total. The van der Waals surface area contributed by atoms with Crippen molar-refractivity contribution in [1.29, 1.82) is 0 Å². The molecule has 2 aliphatic carbocycles. The lowest BCUT2D eigenvalue weighted by Crippen LogP contribution is -2.15. The van der Waals surface area contributed by atoms with Crippen molar-refractivity contribution < 1.29 is 28.6 Å². The van der Waals surface area contributed by atoms with Gasteiger partial charge < -0.3 is 14.2 Å². The van der Waals surface area contributed by atoms with Gasteiger partial charge in [-0.25, -0.2) is 14.4 Å². The molecule has 48 heavy (non-hydrogen) atoms. The molecule has 0 atom stereocenters. The molecule has 0 saturated heterocycles. The van der Waals surface area contributed by atoms with E-state index < -0.39 is 17.9 Å². The standard InChI is InChI=1S/C42H46O6/c1-6-39(43)46-32-21-19-31(20-22-32)42(33-25-35(29-15-11-9-12-16-29)37(23-27(33)4)47-40(44)7-2)34-26-36(30-17-13-10-14-18-30)38(24-28(34)5)48-41(45)8-3/h6-8,19-26,29-30,42H,1-3,9-18H2,4-5H3. The fourth-order valence-corrected chi connectivity index (χ4v) is 7.41. The Morgan fingerprint density at radius 3 is 1.40 bits per heavy atom. The van der Waals surface area contributed by atoms with Crippen molar-refractivity contribution in [2.24, 2.45) is 0 Å². The van der Waals surface area contributed by atoms with Crippen molar-refractivity contribution in [2.75, 3.05) is 0 Å². The molecule has 0 unspecified atom stereocenters. The van der Waals surface area contributed by atoms with E-state index in [0.29, 0.717) is 17.2 Å². The van der Waals surface area contributed by atoms with E-state index in [0.717, 1.165) is 96.4 Å². The fourth-order valence-electron chi connectivity index (χ4n) is 7.41. The van der Waals surface area contributed by atoms with Gasteiger partial charge in [0, 0.05) is 24.1 Å². The van der Waals surface area contributed by atoms with Crippen LogP contribution >= 0.6 is 0 Å². The van der Waals surface area contributed by atoms with E-state index in [1.807, 2.05) is 24.3 Å². The zero-order valence-corrected chi connectivity index (χ0v) is 28.2. The van der Waals surface area contributed by atoms with Gasteiger partial charge in [-0.1, -0.05) is 82.5 Å². The van der Waals surface area contributed by atoms with E-state index in [1.165, 1.54) is 25.0 Å². The highest BCUT2D eigenvalue weighted by molar-refractivity contribution is 5.84. The molecule has 0 radical (unpaired) electrons. The first-order chi connectivity index (χ1) is 23.2. The van der Waals surface area contributed by atoms with Crippen molar-refractivity contribution in [3.8, 4) is 17.2 Å². The Labute approximate surface area is 284 Å². The summed E-state index contributed by atoms with van der Waals surface area (Å²) >= 11 is 0. The molecule has 0 amide bonds. The van der Waals surface area contributed by atoms with E-state index in [1.54, 1.807) is 12.1 Å². The monoisotopic (exact) mass is 646 g/mol. The molecule has 0 aromatic heterocycles. The van der Waals surface area contributed by atoms with Crippen LogP contribution in [0.4, 0.5) is 0 Å². The van der Waals surface area contributed by atoms with Crippen molar-refractivity contribution >= 4 is 17.9 Å². The predicted octanol–water partition coefficient (Wildman–Crippen LogP) is 9.85. The maximum Gasteiger partial charge on any atom is 0.335 e. The van der Waals surface area contributed by atoms with E-state index in [9.17, 15) is 14.4 Å². The van der Waals surface area contributed by atoms with Crippen molar-refractivity contribution in [3.63, 3.8) is 0 Å². The average Bonchev–Trinajstić information content (AvgIpc) is 3.11. The number of hydrogen-bond acceptors (Lipinski definition) is 6. The SMILES string of the molecule is C=CC(=O)Oc1ccc(C(c2cc(C3CCCCC3)c(OC(=O)C=C)cc2C)c2cc(C3CCCCC3)c(OC(=O)C=C)cc2C)cc1. The van der Waals surface area contributed by atoms with E-state index in [-0.39, 0.29) is 17.8 Å². The third-order valence-electron chi connectivity index (χ3n) is 9.86. The van der Waals surface area contributed by atoms with Gasteiger partial charge >= 0.3 is 17.9 Å². The fraction of sp³-hybridized carbons (Fsp3) is 0.357. The molecule has 0 spiro atoms. The number of benzene rings is 3. The van der Waals surface area contributed by atoms with Gasteiger partial charge in [-0.3, -0.25) is 0 Å². The smallest absolute Gasteiger partial charge is 0.335 e. The lowest BCUT2D eigenvalue weighted by molar-refractivity contribution is -0.129. The Bertz CT molecular complexity index is 1590. The minimum Gasteiger partial charge on any atom is -0.423 e. The maximum absolute atomic E-state index is 12.5. The molecular formula is C42H46O6. The van der Waals surface area contributed by atoms with E-state index >= 15 is 0 Å². The molecule has 0 N–H and O–H groups in total. The minimum atomic E-state index is -0.519. The third-order valence-corrected chi connectivity index (χ3v) is 9.86. The molecule has 250 valence electrons. The summed E-state index contributed by atoms with van der Waals surface area (Å²) < 4.78 is 17.1. The van der Waals surface area contributed by atoms with Crippen LogP contribution in [0, 0.1) is 13.8 Å². The average molecular weight is 647 g/mol. The van der Waals surface area contributed by atoms with Crippen molar-refractivity contribution in [3.05, 3.63) is 125 Å². The second kappa shape index (κ2) is 15.9. The summed E-state index contributed by atoms with van der Waals surface area (Å²) in [6.07, 6.45) is 14.6. The number of hydrogen-bond donors (Lipinski definition) is 0. The lowest BCUT2D eigenvalue weighted by atomic mass is 9.76. The van der Waals surface area contributed by atoms with Crippen LogP contribution in [0.2, 0.25) is 0 Å². The van der Waals surface area contributed by atoms with Gasteiger partial charge in [0.25, 0.3) is 0 Å². The summed E-state index contributed by atoms with van der Waals surface area (Å²) in [6, 6.07) is 16.0. The van der Waals surface area contributed by atoms with Crippen molar-refractivity contribution in [1.82, 2.24) is 0 Å². The number of aryl methyl sites for hydroxylation is 2. The molecule has 3 aromatic carbocycles. The molecule has 0 heterocycles. The highest BCUT2D eigenvalue weighted by Crippen LogP contribution is 2.46. The summed E-state index contributed by atoms with van der Waals surface area (Å²) in [5, 5.41) is 0. The summed E-state index contributed by atoms with van der Waals surface area (Å²) in [4.78, 5) is 36.9. The van der Waals surface area contributed by atoms with Crippen LogP contribution in [0.5, 0.6) is 17.2 Å². The third kappa shape index (κ3) is 8.04. The molecule has 5 rings (SSSR count). The van der Waals surface area contributed by atoms with Crippen LogP contribution in [0.25, 0.3) is 0 Å². The Morgan fingerprint density at radius 1 is 0.604 bits per heavy atom. The summed E-state index contributed by atoms with van der Waals surface area (Å²) in [7, 11) is 0. The maximum atomic E-state index is 12.5. The Kier molecular flexibility index (Phi) is 11.5. The largest absolute Gasteiger partial charge is 0.423 e. The zero-order chi connectivity index (χ0) is 34.2. The molecular weight excluding hydrogens is 600 g/mol. The van der Waals surface area contributed by atoms with Gasteiger partial charge in [0.15, 0.2) is 0 Å². The molecule has 6 heteroatoms. The predicted molar refractivity (Wildman–Crippen MR) is 189 cm³/mol. The first kappa shape index (κ1) is 34.6. The van der Waals surface area contributed by atoms with Crippen LogP contribution in [-0.4, -0.2) is 17.9 Å². The van der Waals surface area contributed by atoms with Crippen LogP contribution in [0.15, 0.2) is 86.5 Å². The Balaban J connectivity index is 1.72. The first-order valence-corrected chi connectivity index (χ1v) is 17.1. The molecule has 2 aliphatic rings. The van der Waals surface area contributed by atoms with Gasteiger partial charge in [-0.15, -0.1) is 0 Å². The van der Waals surface area contributed by atoms with Crippen LogP contribution in [0.3, 0.4) is 0 Å². The molecule has 2 fully saturated rings. The van der Waals surface area contributed by atoms with Gasteiger partial charge in [0.1, 0.15) is 17.2 Å². The molecule has 2 saturated carbocycles. The topological polar surface area (TPSA) is 78.9 Å². The number of carbonyl (C=O) groups is 3. The van der Waals surface area contributed by atoms with Crippen LogP contribution in [0.1, 0.15) is 121 Å². The second-order valence-corrected chi connectivity index (χ2v) is 13.0. The van der Waals surface area contributed by atoms with Gasteiger partial charge in [-0.2, -0.15) is 0 Å². The highest BCUT2D eigenvalue weighted by atomic mass is 16.5. The van der Waals surface area contributed by atoms with Gasteiger partial charge in [0.2, 0.25) is 0 Å². The summed E-state index contributed by atoms with van der Waals surface area (Å²) in [5.41, 5.74) is 7.23. The summed E-state index contributed by atoms with van der Waals surface area (Å²) in [5.74, 6) is 0.464. The minimum absolute atomic E-state index is 0.216. The number of esters is 3. The van der Waals surface area contributed by atoms with Crippen LogP contribution in [-0.2, 0) is 14.4 Å². The number of ether oxygens (including phenoxy) is 3. The number of carbonyl (C=O) groups excluding carboxylic acids is 3. The lowest BCUT2D eigenvalue weighted by Gasteiger charge is -2.30. The first-order valence-electron chi connectivity index (χ1n) is 17.1. The second-order valence-electron chi connectivity index (χ2n) is 13.0. The highest BCUT2D eigenvalue weighted by Gasteiger charge is 2.29. The van der Waals surface area contributed by atoms with E-state index in [4.69, 9.17) is 14.2 Å².